The number of hydrogen-bond donors (Lipinski definition) is 1. The first-order valence-corrected chi connectivity index (χ1v) is 13.6. The Labute approximate surface area is 216 Å². The summed E-state index contributed by atoms with van der Waals surface area (Å²) in [7, 11) is 1.63. The maximum atomic E-state index is 13.5. The summed E-state index contributed by atoms with van der Waals surface area (Å²) in [4.78, 5) is 33.5. The molecule has 0 radical (unpaired) electrons. The number of methoxy groups -OCH3 is 1. The van der Waals surface area contributed by atoms with Gasteiger partial charge in [0.1, 0.15) is 6.54 Å². The summed E-state index contributed by atoms with van der Waals surface area (Å²) in [6, 6.07) is 21.5. The minimum Gasteiger partial charge on any atom is -0.385 e. The van der Waals surface area contributed by atoms with Crippen molar-refractivity contribution in [2.24, 2.45) is 0 Å². The summed E-state index contributed by atoms with van der Waals surface area (Å²) in [5.41, 5.74) is 1.76. The number of anilines is 1. The average molecular weight is 512 g/mol. The van der Waals surface area contributed by atoms with Crippen LogP contribution in [0.3, 0.4) is 0 Å². The summed E-state index contributed by atoms with van der Waals surface area (Å²) < 4.78 is 5.17. The van der Waals surface area contributed by atoms with E-state index in [1.807, 2.05) is 65.8 Å². The topological polar surface area (TPSA) is 61.9 Å². The van der Waals surface area contributed by atoms with Gasteiger partial charge < -0.3 is 19.9 Å². The summed E-state index contributed by atoms with van der Waals surface area (Å²) in [6.07, 6.45) is 2.65. The molecule has 8 heteroatoms. The predicted octanol–water partition coefficient (Wildman–Crippen LogP) is 5.88. The van der Waals surface area contributed by atoms with Crippen LogP contribution in [0.2, 0.25) is 0 Å². The third-order valence-electron chi connectivity index (χ3n) is 5.44. The lowest BCUT2D eigenvalue weighted by Crippen LogP contribution is -2.44. The minimum absolute atomic E-state index is 0.00433. The standard InChI is InChI=1S/C27H33N3O3S2/c1-21-10-13-25(35-21)19-30(18-22-8-5-4-6-9-22)26(31)20-29(16-7-17-33-2)27(32)28-23-11-14-24(34-3)15-12-23/h4-6,8-15H,7,16-20H2,1-3H3,(H,28,32). The molecule has 3 rings (SSSR count). The van der Waals surface area contributed by atoms with Crippen molar-refractivity contribution in [3.8, 4) is 0 Å². The second kappa shape index (κ2) is 13.9. The van der Waals surface area contributed by atoms with Crippen molar-refractivity contribution in [1.29, 1.82) is 0 Å². The lowest BCUT2D eigenvalue weighted by Gasteiger charge is -2.28. The first kappa shape index (κ1) is 26.8. The molecule has 0 aliphatic heterocycles. The molecule has 0 unspecified atom stereocenters. The van der Waals surface area contributed by atoms with Crippen LogP contribution in [0.1, 0.15) is 21.7 Å². The number of carbonyl (C=O) groups excluding carboxylic acids is 2. The number of urea groups is 1. The Morgan fingerprint density at radius 3 is 2.34 bits per heavy atom. The van der Waals surface area contributed by atoms with E-state index in [0.717, 1.165) is 15.3 Å². The van der Waals surface area contributed by atoms with Crippen LogP contribution < -0.4 is 5.32 Å². The average Bonchev–Trinajstić information content (AvgIpc) is 3.28. The first-order chi connectivity index (χ1) is 17.0. The molecule has 0 spiro atoms. The van der Waals surface area contributed by atoms with Gasteiger partial charge in [-0.25, -0.2) is 4.79 Å². The van der Waals surface area contributed by atoms with Crippen molar-refractivity contribution >= 4 is 40.7 Å². The lowest BCUT2D eigenvalue weighted by atomic mass is 10.2. The molecular formula is C27H33N3O3S2. The largest absolute Gasteiger partial charge is 0.385 e. The van der Waals surface area contributed by atoms with E-state index >= 15 is 0 Å². The maximum absolute atomic E-state index is 13.5. The molecule has 2 aromatic carbocycles. The molecule has 6 nitrogen and oxygen atoms in total. The van der Waals surface area contributed by atoms with Gasteiger partial charge in [-0.15, -0.1) is 23.1 Å². The molecule has 186 valence electrons. The third kappa shape index (κ3) is 8.72. The SMILES string of the molecule is COCCCN(CC(=O)N(Cc1ccccc1)Cc1ccc(C)s1)C(=O)Nc1ccc(SC)cc1. The number of hydrogen-bond acceptors (Lipinski definition) is 5. The van der Waals surface area contributed by atoms with E-state index in [0.29, 0.717) is 38.3 Å². The number of rotatable bonds is 12. The number of nitrogens with zero attached hydrogens (tertiary/aromatic N) is 2. The molecule has 0 saturated heterocycles. The van der Waals surface area contributed by atoms with Crippen molar-refractivity contribution in [1.82, 2.24) is 9.80 Å². The molecule has 0 aliphatic rings. The van der Waals surface area contributed by atoms with E-state index in [9.17, 15) is 9.59 Å². The molecule has 35 heavy (non-hydrogen) atoms. The number of thiophene rings is 1. The van der Waals surface area contributed by atoms with Crippen molar-refractivity contribution in [2.45, 2.75) is 31.3 Å². The van der Waals surface area contributed by atoms with Crippen LogP contribution in [-0.4, -0.2) is 54.8 Å². The summed E-state index contributed by atoms with van der Waals surface area (Å²) in [5.74, 6) is -0.0924. The summed E-state index contributed by atoms with van der Waals surface area (Å²) in [5, 5.41) is 2.94. The second-order valence-electron chi connectivity index (χ2n) is 8.17. The minimum atomic E-state index is -0.294. The van der Waals surface area contributed by atoms with Crippen LogP contribution in [0.4, 0.5) is 10.5 Å². The molecule has 1 N–H and O–H groups in total. The van der Waals surface area contributed by atoms with Crippen LogP contribution in [0.25, 0.3) is 0 Å². The highest BCUT2D eigenvalue weighted by molar-refractivity contribution is 7.98. The molecule has 1 heterocycles. The Bertz CT molecular complexity index is 1070. The van der Waals surface area contributed by atoms with Gasteiger partial charge in [-0.2, -0.15) is 0 Å². The van der Waals surface area contributed by atoms with Gasteiger partial charge in [0.05, 0.1) is 6.54 Å². The molecular weight excluding hydrogens is 478 g/mol. The van der Waals surface area contributed by atoms with Crippen molar-refractivity contribution in [3.05, 3.63) is 82.0 Å². The zero-order valence-electron chi connectivity index (χ0n) is 20.5. The normalized spacial score (nSPS) is 10.7. The Morgan fingerprint density at radius 2 is 1.71 bits per heavy atom. The van der Waals surface area contributed by atoms with Gasteiger partial charge in [-0.3, -0.25) is 4.79 Å². The van der Waals surface area contributed by atoms with Gasteiger partial charge in [-0.1, -0.05) is 30.3 Å². The number of thioether (sulfide) groups is 1. The maximum Gasteiger partial charge on any atom is 0.322 e. The molecule has 0 aliphatic carbocycles. The van der Waals surface area contributed by atoms with Crippen LogP contribution in [-0.2, 0) is 22.6 Å². The number of carbonyl (C=O) groups is 2. The van der Waals surface area contributed by atoms with E-state index in [4.69, 9.17) is 4.74 Å². The first-order valence-electron chi connectivity index (χ1n) is 11.5. The Hall–Kier alpha value is -2.81. The van der Waals surface area contributed by atoms with Crippen LogP contribution in [0, 0.1) is 6.92 Å². The quantitative estimate of drug-likeness (QED) is 0.244. The van der Waals surface area contributed by atoms with E-state index in [-0.39, 0.29) is 18.5 Å². The molecule has 0 atom stereocenters. The van der Waals surface area contributed by atoms with Crippen molar-refractivity contribution in [2.75, 3.05) is 38.4 Å². The summed E-state index contributed by atoms with van der Waals surface area (Å²) in [6.45, 7) is 3.99. The van der Waals surface area contributed by atoms with E-state index in [1.165, 1.54) is 4.88 Å². The van der Waals surface area contributed by atoms with E-state index < -0.39 is 0 Å². The highest BCUT2D eigenvalue weighted by Gasteiger charge is 2.22. The fourth-order valence-corrected chi connectivity index (χ4v) is 4.90. The predicted molar refractivity (Wildman–Crippen MR) is 145 cm³/mol. The highest BCUT2D eigenvalue weighted by Crippen LogP contribution is 2.20. The van der Waals surface area contributed by atoms with E-state index in [2.05, 4.69) is 24.4 Å². The van der Waals surface area contributed by atoms with Crippen LogP contribution in [0.15, 0.2) is 71.6 Å². The number of ether oxygens (including phenoxy) is 1. The van der Waals surface area contributed by atoms with Gasteiger partial charge in [0.15, 0.2) is 0 Å². The molecule has 1 aromatic heterocycles. The molecule has 3 aromatic rings. The van der Waals surface area contributed by atoms with Crippen LogP contribution >= 0.6 is 23.1 Å². The second-order valence-corrected chi connectivity index (χ2v) is 10.4. The number of benzene rings is 2. The van der Waals surface area contributed by atoms with Gasteiger partial charge in [0.2, 0.25) is 5.91 Å². The molecule has 0 bridgehead atoms. The Morgan fingerprint density at radius 1 is 0.971 bits per heavy atom. The van der Waals surface area contributed by atoms with Crippen molar-refractivity contribution < 1.29 is 14.3 Å². The number of aryl methyl sites for hydroxylation is 1. The van der Waals surface area contributed by atoms with Crippen molar-refractivity contribution in [3.63, 3.8) is 0 Å². The zero-order chi connectivity index (χ0) is 25.0. The smallest absolute Gasteiger partial charge is 0.322 e. The highest BCUT2D eigenvalue weighted by atomic mass is 32.2. The Kier molecular flexibility index (Phi) is 10.7. The molecule has 3 amide bonds. The molecule has 0 fully saturated rings. The van der Waals surface area contributed by atoms with Gasteiger partial charge in [0, 0.05) is 47.1 Å². The van der Waals surface area contributed by atoms with Crippen LogP contribution in [0.5, 0.6) is 0 Å². The van der Waals surface area contributed by atoms with Gasteiger partial charge >= 0.3 is 6.03 Å². The monoisotopic (exact) mass is 511 g/mol. The number of amides is 3. The molecule has 0 saturated carbocycles. The number of nitrogens with one attached hydrogen (secondary N) is 1. The lowest BCUT2D eigenvalue weighted by molar-refractivity contribution is -0.133. The fraction of sp³-hybridized carbons (Fsp3) is 0.333. The summed E-state index contributed by atoms with van der Waals surface area (Å²) >= 11 is 3.33. The van der Waals surface area contributed by atoms with Gasteiger partial charge in [-0.05, 0) is 61.6 Å². The fourth-order valence-electron chi connectivity index (χ4n) is 3.59. The third-order valence-corrected chi connectivity index (χ3v) is 7.17. The Balaban J connectivity index is 1.74. The zero-order valence-corrected chi connectivity index (χ0v) is 22.2. The van der Waals surface area contributed by atoms with E-state index in [1.54, 1.807) is 35.1 Å². The van der Waals surface area contributed by atoms with Gasteiger partial charge in [0.25, 0.3) is 0 Å².